The number of aromatic nitrogens is 1. The third-order valence-electron chi connectivity index (χ3n) is 4.55. The molecule has 0 atom stereocenters. The van der Waals surface area contributed by atoms with Crippen molar-refractivity contribution < 1.29 is 18.4 Å². The molecule has 1 amide bonds. The van der Waals surface area contributed by atoms with E-state index in [1.54, 1.807) is 19.2 Å². The van der Waals surface area contributed by atoms with Gasteiger partial charge in [-0.3, -0.25) is 14.9 Å². The van der Waals surface area contributed by atoms with Gasteiger partial charge in [-0.05, 0) is 31.0 Å². The summed E-state index contributed by atoms with van der Waals surface area (Å²) in [5, 5.41) is 3.17. The van der Waals surface area contributed by atoms with E-state index in [1.807, 2.05) is 6.07 Å². The summed E-state index contributed by atoms with van der Waals surface area (Å²) in [5.41, 5.74) is 1.98. The number of Topliss-reactive ketones (excluding diaryl/α,β-unsaturated/α-hetero) is 1. The summed E-state index contributed by atoms with van der Waals surface area (Å²) >= 11 is 1.32. The highest BCUT2D eigenvalue weighted by molar-refractivity contribution is 7.15. The van der Waals surface area contributed by atoms with Crippen LogP contribution in [-0.4, -0.2) is 16.7 Å². The van der Waals surface area contributed by atoms with E-state index in [0.717, 1.165) is 16.9 Å². The maximum atomic E-state index is 13.3. The first kappa shape index (κ1) is 17.6. The first-order valence-electron chi connectivity index (χ1n) is 8.67. The molecular formula is C20H17FN2O3S. The van der Waals surface area contributed by atoms with Crippen LogP contribution in [0.1, 0.15) is 55.5 Å². The fraction of sp³-hybridized carbons (Fsp3) is 0.250. The van der Waals surface area contributed by atoms with E-state index in [9.17, 15) is 14.0 Å². The number of amides is 1. The van der Waals surface area contributed by atoms with E-state index in [-0.39, 0.29) is 17.4 Å². The van der Waals surface area contributed by atoms with Crippen LogP contribution in [0.4, 0.5) is 9.52 Å². The molecule has 0 saturated carbocycles. The number of hydrogen-bond donors (Lipinski definition) is 1. The zero-order chi connectivity index (χ0) is 19.0. The number of rotatable bonds is 4. The van der Waals surface area contributed by atoms with Gasteiger partial charge in [0.25, 0.3) is 5.91 Å². The highest BCUT2D eigenvalue weighted by Crippen LogP contribution is 2.30. The van der Waals surface area contributed by atoms with Crippen molar-refractivity contribution in [1.82, 2.24) is 4.98 Å². The molecule has 138 valence electrons. The van der Waals surface area contributed by atoms with E-state index in [0.29, 0.717) is 41.3 Å². The Morgan fingerprint density at radius 3 is 3.00 bits per heavy atom. The average Bonchev–Trinajstić information content (AvgIpc) is 3.20. The number of anilines is 1. The van der Waals surface area contributed by atoms with Gasteiger partial charge in [0.1, 0.15) is 11.6 Å². The lowest BCUT2D eigenvalue weighted by Crippen LogP contribution is -2.13. The monoisotopic (exact) mass is 384 g/mol. The highest BCUT2D eigenvalue weighted by Gasteiger charge is 2.29. The Morgan fingerprint density at radius 1 is 1.37 bits per heavy atom. The van der Waals surface area contributed by atoms with Gasteiger partial charge >= 0.3 is 0 Å². The second-order valence-corrected chi connectivity index (χ2v) is 7.64. The van der Waals surface area contributed by atoms with Gasteiger partial charge in [-0.25, -0.2) is 9.37 Å². The number of benzene rings is 1. The molecule has 4 rings (SSSR count). The Balaban J connectivity index is 1.49. The Labute approximate surface area is 159 Å². The number of hydrogen-bond acceptors (Lipinski definition) is 5. The van der Waals surface area contributed by atoms with Crippen molar-refractivity contribution in [3.8, 4) is 0 Å². The topological polar surface area (TPSA) is 72.2 Å². The lowest BCUT2D eigenvalue weighted by molar-refractivity contribution is 0.0963. The predicted octanol–water partition coefficient (Wildman–Crippen LogP) is 4.55. The Bertz CT molecular complexity index is 1040. The number of thiazole rings is 1. The number of aryl methyl sites for hydroxylation is 1. The predicted molar refractivity (Wildman–Crippen MR) is 100.0 cm³/mol. The zero-order valence-corrected chi connectivity index (χ0v) is 15.5. The molecule has 0 fully saturated rings. The molecule has 1 aliphatic carbocycles. The molecule has 1 aliphatic rings. The lowest BCUT2D eigenvalue weighted by atomic mass is 9.94. The van der Waals surface area contributed by atoms with Gasteiger partial charge < -0.3 is 4.42 Å². The smallest absolute Gasteiger partial charge is 0.293 e. The van der Waals surface area contributed by atoms with E-state index in [4.69, 9.17) is 4.42 Å². The lowest BCUT2D eigenvalue weighted by Gasteiger charge is -2.07. The molecule has 0 unspecified atom stereocenters. The number of nitrogens with zero attached hydrogens (tertiary/aromatic N) is 1. The standard InChI is InChI=1S/C20H17FN2O3S/c1-11-17-15(24)6-3-7-16(17)26-18(11)19(25)23-20-22-10-14(27-20)9-12-4-2-5-13(21)8-12/h2,4-5,8,10H,3,6-7,9H2,1H3,(H,22,23,25). The van der Waals surface area contributed by atoms with Gasteiger partial charge in [-0.2, -0.15) is 0 Å². The number of furan rings is 1. The van der Waals surface area contributed by atoms with Gasteiger partial charge in [-0.15, -0.1) is 11.3 Å². The Morgan fingerprint density at radius 2 is 2.22 bits per heavy atom. The van der Waals surface area contributed by atoms with E-state index < -0.39 is 5.91 Å². The van der Waals surface area contributed by atoms with Crippen molar-refractivity contribution >= 4 is 28.2 Å². The third-order valence-corrected chi connectivity index (χ3v) is 5.47. The van der Waals surface area contributed by atoms with E-state index in [1.165, 1.54) is 23.5 Å². The van der Waals surface area contributed by atoms with Crippen LogP contribution in [0.3, 0.4) is 0 Å². The number of halogens is 1. The molecule has 0 radical (unpaired) electrons. The Hall–Kier alpha value is -2.80. The second-order valence-electron chi connectivity index (χ2n) is 6.52. The van der Waals surface area contributed by atoms with Gasteiger partial charge in [-0.1, -0.05) is 12.1 Å². The largest absolute Gasteiger partial charge is 0.455 e. The quantitative estimate of drug-likeness (QED) is 0.716. The van der Waals surface area contributed by atoms with Crippen LogP contribution >= 0.6 is 11.3 Å². The number of nitrogens with one attached hydrogen (secondary N) is 1. The number of carbonyl (C=O) groups excluding carboxylic acids is 2. The van der Waals surface area contributed by atoms with Crippen LogP contribution < -0.4 is 5.32 Å². The van der Waals surface area contributed by atoms with E-state index in [2.05, 4.69) is 10.3 Å². The molecule has 27 heavy (non-hydrogen) atoms. The highest BCUT2D eigenvalue weighted by atomic mass is 32.1. The number of ketones is 1. The molecule has 1 aromatic carbocycles. The molecule has 2 aromatic heterocycles. The summed E-state index contributed by atoms with van der Waals surface area (Å²) in [5.74, 6) is 0.0962. The molecule has 7 heteroatoms. The van der Waals surface area contributed by atoms with Gasteiger partial charge in [0, 0.05) is 35.9 Å². The second kappa shape index (κ2) is 7.08. The zero-order valence-electron chi connectivity index (χ0n) is 14.7. The summed E-state index contributed by atoms with van der Waals surface area (Å²) in [6.45, 7) is 1.73. The third kappa shape index (κ3) is 3.55. The summed E-state index contributed by atoms with van der Waals surface area (Å²) in [6, 6.07) is 6.38. The molecule has 5 nitrogen and oxygen atoms in total. The van der Waals surface area contributed by atoms with Gasteiger partial charge in [0.15, 0.2) is 16.7 Å². The number of carbonyl (C=O) groups is 2. The minimum Gasteiger partial charge on any atom is -0.455 e. The molecular weight excluding hydrogens is 367 g/mol. The maximum absolute atomic E-state index is 13.3. The molecule has 3 aromatic rings. The minimum atomic E-state index is -0.415. The molecule has 0 spiro atoms. The van der Waals surface area contributed by atoms with Crippen LogP contribution in [0.5, 0.6) is 0 Å². The van der Waals surface area contributed by atoms with Crippen molar-refractivity contribution in [2.45, 2.75) is 32.6 Å². The van der Waals surface area contributed by atoms with Gasteiger partial charge in [0.2, 0.25) is 0 Å². The average molecular weight is 384 g/mol. The molecule has 0 aliphatic heterocycles. The van der Waals surface area contributed by atoms with Crippen molar-refractivity contribution in [3.05, 3.63) is 69.4 Å². The van der Waals surface area contributed by atoms with Crippen LogP contribution in [0, 0.1) is 12.7 Å². The van der Waals surface area contributed by atoms with Gasteiger partial charge in [0.05, 0.1) is 5.56 Å². The molecule has 1 N–H and O–H groups in total. The minimum absolute atomic E-state index is 0.0307. The molecule has 2 heterocycles. The summed E-state index contributed by atoms with van der Waals surface area (Å²) in [6.07, 6.45) is 4.10. The maximum Gasteiger partial charge on any atom is 0.293 e. The van der Waals surface area contributed by atoms with Crippen LogP contribution in [0.2, 0.25) is 0 Å². The van der Waals surface area contributed by atoms with E-state index >= 15 is 0 Å². The Kier molecular flexibility index (Phi) is 4.61. The summed E-state index contributed by atoms with van der Waals surface area (Å²) < 4.78 is 19.0. The number of fused-ring (bicyclic) bond motifs is 1. The molecule has 0 saturated heterocycles. The summed E-state index contributed by atoms with van der Waals surface area (Å²) in [4.78, 5) is 29.8. The van der Waals surface area contributed by atoms with Crippen molar-refractivity contribution in [2.75, 3.05) is 5.32 Å². The van der Waals surface area contributed by atoms with Crippen LogP contribution in [-0.2, 0) is 12.8 Å². The van der Waals surface area contributed by atoms with Crippen molar-refractivity contribution in [2.24, 2.45) is 0 Å². The molecule has 0 bridgehead atoms. The summed E-state index contributed by atoms with van der Waals surface area (Å²) in [7, 11) is 0. The first-order chi connectivity index (χ1) is 13.0. The fourth-order valence-electron chi connectivity index (χ4n) is 3.31. The van der Waals surface area contributed by atoms with Crippen molar-refractivity contribution in [3.63, 3.8) is 0 Å². The first-order valence-corrected chi connectivity index (χ1v) is 9.49. The van der Waals surface area contributed by atoms with Crippen LogP contribution in [0.25, 0.3) is 0 Å². The SMILES string of the molecule is Cc1c(C(=O)Nc2ncc(Cc3cccc(F)c3)s2)oc2c1C(=O)CCC2. The normalized spacial score (nSPS) is 13.5. The van der Waals surface area contributed by atoms with Crippen molar-refractivity contribution in [1.29, 1.82) is 0 Å². The van der Waals surface area contributed by atoms with Crippen LogP contribution in [0.15, 0.2) is 34.9 Å². The fourth-order valence-corrected chi connectivity index (χ4v) is 4.16.